The number of benzene rings is 2. The van der Waals surface area contributed by atoms with Crippen LogP contribution in [0.2, 0.25) is 18.5 Å². The predicted octanol–water partition coefficient (Wildman–Crippen LogP) is 9.05. The van der Waals surface area contributed by atoms with Crippen LogP contribution >= 0.6 is 0 Å². The molecule has 2 unspecified atom stereocenters. The predicted molar refractivity (Wildman–Crippen MR) is 146 cm³/mol. The van der Waals surface area contributed by atoms with Crippen molar-refractivity contribution in [3.05, 3.63) is 80.9 Å². The van der Waals surface area contributed by atoms with Gasteiger partial charge in [-0.25, -0.2) is 0 Å². The second-order valence-corrected chi connectivity index (χ2v) is 76.2. The fourth-order valence-electron chi connectivity index (χ4n) is 8.38. The molecule has 0 fully saturated rings. The Balaban J connectivity index is 2.06. The zero-order valence-corrected chi connectivity index (χ0v) is 26.0. The minimum absolute atomic E-state index is 0.501. The Bertz CT molecular complexity index is 1230. The van der Waals surface area contributed by atoms with Gasteiger partial charge in [0.05, 0.1) is 0 Å². The fraction of sp³-hybridized carbons (Fsp3) is 0.467. The van der Waals surface area contributed by atoms with Crippen molar-refractivity contribution in [3.8, 4) is 0 Å². The van der Waals surface area contributed by atoms with Crippen LogP contribution in [0.4, 0.5) is 0 Å². The monoisotopic (exact) mass is 522 g/mol. The molecule has 0 saturated heterocycles. The molecule has 2 aromatic carbocycles. The Morgan fingerprint density at radius 2 is 1.00 bits per heavy atom. The summed E-state index contributed by atoms with van der Waals surface area (Å²) in [5.74, 6) is 1.09. The first kappa shape index (κ1) is 24.2. The van der Waals surface area contributed by atoms with Crippen LogP contribution < -0.4 is 0 Å². The van der Waals surface area contributed by atoms with E-state index < -0.39 is 14.4 Å². The van der Waals surface area contributed by atoms with E-state index in [0.717, 1.165) is 0 Å². The van der Waals surface area contributed by atoms with E-state index in [9.17, 15) is 0 Å². The van der Waals surface area contributed by atoms with Crippen molar-refractivity contribution < 1.29 is 14.4 Å². The van der Waals surface area contributed by atoms with Crippen LogP contribution in [-0.2, 0) is 14.4 Å². The summed E-state index contributed by atoms with van der Waals surface area (Å²) >= 11 is -4.53. The summed E-state index contributed by atoms with van der Waals surface area (Å²) in [7, 11) is 0. The molecular weight excluding hydrogens is 480 g/mol. The number of hydrogen-bond donors (Lipinski definition) is 0. The van der Waals surface area contributed by atoms with Crippen molar-refractivity contribution in [2.45, 2.75) is 79.2 Å². The summed E-state index contributed by atoms with van der Waals surface area (Å²) < 4.78 is 12.0. The normalized spacial score (nSPS) is 23.7. The van der Waals surface area contributed by atoms with Crippen molar-refractivity contribution in [1.29, 1.82) is 0 Å². The standard InChI is InChI=1S/2C13H15.4CH3.H2Si.Zr/c2*1-9(2)12-6-4-5-11-7-10(3)8-13(11)12;;;;;;/h2*4-9H,1-3H3;4*1H3;1H2;. The molecule has 32 heavy (non-hydrogen) atoms. The molecule has 0 aromatic heterocycles. The second kappa shape index (κ2) is 6.17. The van der Waals surface area contributed by atoms with E-state index in [1.165, 1.54) is 22.3 Å². The molecule has 0 bridgehead atoms. The molecule has 4 rings (SSSR count). The van der Waals surface area contributed by atoms with Gasteiger partial charge in [-0.3, -0.25) is 0 Å². The maximum absolute atomic E-state index is 4.53. The van der Waals surface area contributed by atoms with Crippen molar-refractivity contribution in [2.75, 3.05) is 0 Å². The van der Waals surface area contributed by atoms with Gasteiger partial charge < -0.3 is 0 Å². The molecule has 0 aliphatic heterocycles. The Kier molecular flexibility index (Phi) is 4.66. The van der Waals surface area contributed by atoms with Gasteiger partial charge in [-0.2, -0.15) is 0 Å². The topological polar surface area (TPSA) is 0 Å². The molecule has 0 N–H and O–H groups in total. The van der Waals surface area contributed by atoms with Gasteiger partial charge in [-0.1, -0.05) is 0 Å². The van der Waals surface area contributed by atoms with E-state index in [1.54, 1.807) is 22.3 Å². The first-order chi connectivity index (χ1) is 14.4. The van der Waals surface area contributed by atoms with Gasteiger partial charge in [-0.05, 0) is 0 Å². The minimum atomic E-state index is -4.53. The van der Waals surface area contributed by atoms with Gasteiger partial charge in [-0.15, -0.1) is 0 Å². The third-order valence-corrected chi connectivity index (χ3v) is 32.5. The SMILES string of the molecule is CC1=Cc2c(C(C)C)cccc2[CH]1[Zr]([CH3])([CH3])([CH3])([CH3])(=[SiH2])[CH]1C(C)=Cc2c(C(C)C)cccc21. The van der Waals surface area contributed by atoms with E-state index in [-0.39, 0.29) is 0 Å². The number of hydrogen-bond acceptors (Lipinski definition) is 0. The molecule has 172 valence electrons. The van der Waals surface area contributed by atoms with Gasteiger partial charge >= 0.3 is 194 Å². The molecule has 0 saturated carbocycles. The molecule has 0 heterocycles. The van der Waals surface area contributed by atoms with Crippen molar-refractivity contribution in [3.63, 3.8) is 0 Å². The first-order valence-corrected chi connectivity index (χ1v) is 31.2. The molecule has 0 radical (unpaired) electrons. The summed E-state index contributed by atoms with van der Waals surface area (Å²) in [5.41, 5.74) is 12.3. The molecule has 0 nitrogen and oxygen atoms in total. The van der Waals surface area contributed by atoms with Gasteiger partial charge in [0.15, 0.2) is 0 Å². The van der Waals surface area contributed by atoms with Gasteiger partial charge in [0.25, 0.3) is 0 Å². The maximum atomic E-state index is 2.76. The summed E-state index contributed by atoms with van der Waals surface area (Å²) in [5, 5.41) is 0. The quantitative estimate of drug-likeness (QED) is 0.351. The zero-order chi connectivity index (χ0) is 24.0. The third kappa shape index (κ3) is 3.31. The average Bonchev–Trinajstić information content (AvgIpc) is 3.16. The summed E-state index contributed by atoms with van der Waals surface area (Å²) in [4.78, 5) is 0. The Hall–Kier alpha value is -0.980. The van der Waals surface area contributed by atoms with Crippen molar-refractivity contribution in [1.82, 2.24) is 0 Å². The van der Waals surface area contributed by atoms with Crippen molar-refractivity contribution >= 4 is 19.0 Å². The Morgan fingerprint density at radius 1 is 0.656 bits per heavy atom. The van der Waals surface area contributed by atoms with E-state index >= 15 is 0 Å². The van der Waals surface area contributed by atoms with Gasteiger partial charge in [0.2, 0.25) is 0 Å². The molecular formula is C30H44SiZr. The average molecular weight is 524 g/mol. The van der Waals surface area contributed by atoms with Crippen LogP contribution in [-0.4, -0.2) is 6.88 Å². The molecule has 2 heteroatoms. The number of rotatable bonds is 4. The Labute approximate surface area is 192 Å². The van der Waals surface area contributed by atoms with E-state index in [4.69, 9.17) is 0 Å². The van der Waals surface area contributed by atoms with Gasteiger partial charge in [0, 0.05) is 0 Å². The van der Waals surface area contributed by atoms with Crippen LogP contribution in [0.3, 0.4) is 0 Å². The van der Waals surface area contributed by atoms with Crippen LogP contribution in [0.25, 0.3) is 12.2 Å². The number of fused-ring (bicyclic) bond motifs is 2. The van der Waals surface area contributed by atoms with E-state index in [1.807, 2.05) is 0 Å². The van der Waals surface area contributed by atoms with Gasteiger partial charge in [0.1, 0.15) is 0 Å². The third-order valence-electron chi connectivity index (χ3n) is 8.92. The summed E-state index contributed by atoms with van der Waals surface area (Å²) in [6, 6.07) is 14.2. The van der Waals surface area contributed by atoms with Crippen molar-refractivity contribution in [2.24, 2.45) is 0 Å². The Morgan fingerprint density at radius 3 is 1.31 bits per heavy atom. The second-order valence-electron chi connectivity index (χ2n) is 16.0. The molecule has 2 aromatic rings. The van der Waals surface area contributed by atoms with Crippen LogP contribution in [0, 0.1) is 0 Å². The molecule has 2 aliphatic carbocycles. The first-order valence-electron chi connectivity index (χ1n) is 12.6. The van der Waals surface area contributed by atoms with Crippen LogP contribution in [0.15, 0.2) is 47.5 Å². The molecule has 2 aliphatic rings. The molecule has 2 atom stereocenters. The van der Waals surface area contributed by atoms with E-state index in [0.29, 0.717) is 19.1 Å². The molecule has 0 amide bonds. The molecule has 0 spiro atoms. The zero-order valence-electron chi connectivity index (χ0n) is 22.1. The number of allylic oxidation sites excluding steroid dienone is 2. The summed E-state index contributed by atoms with van der Waals surface area (Å²) in [6.45, 7) is 16.6. The summed E-state index contributed by atoms with van der Waals surface area (Å²) in [6.07, 6.45) is 5.07. The fourth-order valence-corrected chi connectivity index (χ4v) is 37.2. The van der Waals surface area contributed by atoms with E-state index in [2.05, 4.69) is 115 Å². The van der Waals surface area contributed by atoms with Crippen LogP contribution in [0.5, 0.6) is 0 Å². The van der Waals surface area contributed by atoms with Crippen LogP contribution in [0.1, 0.15) is 94.0 Å².